The number of fused-ring (bicyclic) bond motifs is 1. The molecule has 0 bridgehead atoms. The molecule has 1 saturated carbocycles. The highest BCUT2D eigenvalue weighted by molar-refractivity contribution is 5.87. The number of nitrogens with one attached hydrogen (secondary N) is 2. The zero-order valence-corrected chi connectivity index (χ0v) is 14.7. The Kier molecular flexibility index (Phi) is 4.38. The second kappa shape index (κ2) is 6.20. The SMILES string of the molecule is CC1CC(C)(C)CC(CO)(NC(=O)Cc2c[nH]c3ncccc23)C1. The fourth-order valence-corrected chi connectivity index (χ4v) is 4.67. The van der Waals surface area contributed by atoms with E-state index in [1.807, 2.05) is 18.3 Å². The van der Waals surface area contributed by atoms with Crippen molar-refractivity contribution < 1.29 is 9.90 Å². The Morgan fingerprint density at radius 3 is 2.96 bits per heavy atom. The fourth-order valence-electron chi connectivity index (χ4n) is 4.67. The smallest absolute Gasteiger partial charge is 0.225 e. The number of aromatic nitrogens is 2. The highest BCUT2D eigenvalue weighted by Gasteiger charge is 2.43. The molecule has 5 nitrogen and oxygen atoms in total. The van der Waals surface area contributed by atoms with E-state index in [2.05, 4.69) is 36.1 Å². The molecule has 3 N–H and O–H groups in total. The Morgan fingerprint density at radius 2 is 2.25 bits per heavy atom. The Hall–Kier alpha value is -1.88. The minimum absolute atomic E-state index is 0.0120. The number of pyridine rings is 1. The zero-order valence-electron chi connectivity index (χ0n) is 14.7. The molecule has 0 spiro atoms. The van der Waals surface area contributed by atoms with Crippen LogP contribution in [-0.2, 0) is 11.2 Å². The van der Waals surface area contributed by atoms with Crippen molar-refractivity contribution in [2.45, 2.75) is 52.0 Å². The van der Waals surface area contributed by atoms with Crippen LogP contribution in [0.4, 0.5) is 0 Å². The van der Waals surface area contributed by atoms with Crippen molar-refractivity contribution in [3.05, 3.63) is 30.1 Å². The molecule has 2 aromatic rings. The van der Waals surface area contributed by atoms with Crippen LogP contribution in [0.15, 0.2) is 24.5 Å². The van der Waals surface area contributed by atoms with Crippen molar-refractivity contribution in [2.75, 3.05) is 6.61 Å². The summed E-state index contributed by atoms with van der Waals surface area (Å²) < 4.78 is 0. The van der Waals surface area contributed by atoms with Crippen molar-refractivity contribution in [1.29, 1.82) is 0 Å². The van der Waals surface area contributed by atoms with Gasteiger partial charge in [-0.1, -0.05) is 20.8 Å². The van der Waals surface area contributed by atoms with Gasteiger partial charge >= 0.3 is 0 Å². The third-order valence-corrected chi connectivity index (χ3v) is 5.05. The number of aromatic amines is 1. The molecule has 0 aromatic carbocycles. The van der Waals surface area contributed by atoms with Gasteiger partial charge in [-0.05, 0) is 48.3 Å². The summed E-state index contributed by atoms with van der Waals surface area (Å²) >= 11 is 0. The second-order valence-corrected chi connectivity index (χ2v) is 8.23. The minimum Gasteiger partial charge on any atom is -0.394 e. The number of carbonyl (C=O) groups is 1. The van der Waals surface area contributed by atoms with E-state index in [-0.39, 0.29) is 17.9 Å². The lowest BCUT2D eigenvalue weighted by Gasteiger charge is -2.47. The summed E-state index contributed by atoms with van der Waals surface area (Å²) in [5.41, 5.74) is 1.34. The molecule has 2 heterocycles. The van der Waals surface area contributed by atoms with Crippen LogP contribution < -0.4 is 5.32 Å². The first kappa shape index (κ1) is 17.0. The molecular formula is C19H27N3O2. The van der Waals surface area contributed by atoms with Crippen LogP contribution in [0.2, 0.25) is 0 Å². The van der Waals surface area contributed by atoms with Crippen LogP contribution in [0, 0.1) is 11.3 Å². The van der Waals surface area contributed by atoms with Gasteiger partial charge < -0.3 is 15.4 Å². The normalized spacial score (nSPS) is 26.4. The molecule has 0 aliphatic heterocycles. The first-order valence-electron chi connectivity index (χ1n) is 8.65. The van der Waals surface area contributed by atoms with Crippen LogP contribution in [0.5, 0.6) is 0 Å². The van der Waals surface area contributed by atoms with Crippen LogP contribution in [0.1, 0.15) is 45.6 Å². The van der Waals surface area contributed by atoms with Crippen molar-refractivity contribution in [3.8, 4) is 0 Å². The summed E-state index contributed by atoms with van der Waals surface area (Å²) in [7, 11) is 0. The van der Waals surface area contributed by atoms with Gasteiger partial charge in [-0.15, -0.1) is 0 Å². The second-order valence-electron chi connectivity index (χ2n) is 8.23. The molecule has 24 heavy (non-hydrogen) atoms. The number of carbonyl (C=O) groups excluding carboxylic acids is 1. The van der Waals surface area contributed by atoms with Crippen molar-refractivity contribution in [1.82, 2.24) is 15.3 Å². The van der Waals surface area contributed by atoms with Gasteiger partial charge in [-0.3, -0.25) is 4.79 Å². The number of rotatable bonds is 4. The number of hydrogen-bond acceptors (Lipinski definition) is 3. The minimum atomic E-state index is -0.511. The van der Waals surface area contributed by atoms with Gasteiger partial charge in [0, 0.05) is 17.8 Å². The monoisotopic (exact) mass is 329 g/mol. The lowest BCUT2D eigenvalue weighted by molar-refractivity contribution is -0.124. The summed E-state index contributed by atoms with van der Waals surface area (Å²) in [6.45, 7) is 6.61. The Balaban J connectivity index is 1.75. The van der Waals surface area contributed by atoms with Crippen LogP contribution in [0.25, 0.3) is 11.0 Å². The number of aliphatic hydroxyl groups is 1. The predicted octanol–water partition coefficient (Wildman–Crippen LogP) is 2.80. The molecule has 2 aromatic heterocycles. The molecule has 3 rings (SSSR count). The molecule has 1 aliphatic rings. The molecular weight excluding hydrogens is 302 g/mol. The number of nitrogens with zero attached hydrogens (tertiary/aromatic N) is 1. The van der Waals surface area contributed by atoms with Crippen LogP contribution >= 0.6 is 0 Å². The lowest BCUT2D eigenvalue weighted by Crippen LogP contribution is -2.57. The van der Waals surface area contributed by atoms with Gasteiger partial charge in [0.15, 0.2) is 0 Å². The fraction of sp³-hybridized carbons (Fsp3) is 0.579. The van der Waals surface area contributed by atoms with Crippen LogP contribution in [-0.4, -0.2) is 33.1 Å². The third-order valence-electron chi connectivity index (χ3n) is 5.05. The van der Waals surface area contributed by atoms with Gasteiger partial charge in [0.1, 0.15) is 5.65 Å². The van der Waals surface area contributed by atoms with E-state index in [1.54, 1.807) is 6.20 Å². The van der Waals surface area contributed by atoms with Crippen molar-refractivity contribution in [2.24, 2.45) is 11.3 Å². The molecule has 130 valence electrons. The first-order valence-corrected chi connectivity index (χ1v) is 8.65. The average Bonchev–Trinajstić information content (AvgIpc) is 2.88. The van der Waals surface area contributed by atoms with Crippen molar-refractivity contribution >= 4 is 16.9 Å². The molecule has 2 atom stereocenters. The highest BCUT2D eigenvalue weighted by Crippen LogP contribution is 2.43. The van der Waals surface area contributed by atoms with E-state index >= 15 is 0 Å². The Labute approximate surface area is 142 Å². The van der Waals surface area contributed by atoms with Crippen LogP contribution in [0.3, 0.4) is 0 Å². The summed E-state index contributed by atoms with van der Waals surface area (Å²) in [6.07, 6.45) is 6.63. The van der Waals surface area contributed by atoms with E-state index in [9.17, 15) is 9.90 Å². The maximum absolute atomic E-state index is 12.6. The molecule has 0 saturated heterocycles. The Morgan fingerprint density at radius 1 is 1.46 bits per heavy atom. The standard InChI is InChI=1S/C19H27N3O2/c1-13-8-18(2,3)11-19(9-13,12-23)22-16(24)7-14-10-21-17-15(14)5-4-6-20-17/h4-6,10,13,23H,7-9,11-12H2,1-3H3,(H,20,21)(H,22,24). The maximum Gasteiger partial charge on any atom is 0.225 e. The largest absolute Gasteiger partial charge is 0.394 e. The summed E-state index contributed by atoms with van der Waals surface area (Å²) in [5, 5.41) is 14.1. The summed E-state index contributed by atoms with van der Waals surface area (Å²) in [5.74, 6) is 0.442. The average molecular weight is 329 g/mol. The van der Waals surface area contributed by atoms with E-state index in [1.165, 1.54) is 0 Å². The van der Waals surface area contributed by atoms with Crippen molar-refractivity contribution in [3.63, 3.8) is 0 Å². The number of H-pyrrole nitrogens is 1. The van der Waals surface area contributed by atoms with Gasteiger partial charge in [-0.25, -0.2) is 4.98 Å². The molecule has 1 aliphatic carbocycles. The molecule has 5 heteroatoms. The highest BCUT2D eigenvalue weighted by atomic mass is 16.3. The topological polar surface area (TPSA) is 78.0 Å². The lowest BCUT2D eigenvalue weighted by atomic mass is 9.64. The quantitative estimate of drug-likeness (QED) is 0.807. The van der Waals surface area contributed by atoms with E-state index < -0.39 is 5.54 Å². The number of hydrogen-bond donors (Lipinski definition) is 3. The molecule has 0 radical (unpaired) electrons. The number of amides is 1. The van der Waals surface area contributed by atoms with Gasteiger partial charge in [0.25, 0.3) is 0 Å². The first-order chi connectivity index (χ1) is 11.3. The maximum atomic E-state index is 12.6. The Bertz CT molecular complexity index is 737. The molecule has 1 fully saturated rings. The molecule has 2 unspecified atom stereocenters. The summed E-state index contributed by atoms with van der Waals surface area (Å²) in [6, 6.07) is 3.84. The third kappa shape index (κ3) is 3.46. The molecule has 1 amide bonds. The zero-order chi connectivity index (χ0) is 17.4. The summed E-state index contributed by atoms with van der Waals surface area (Å²) in [4.78, 5) is 20.0. The van der Waals surface area contributed by atoms with E-state index in [4.69, 9.17) is 0 Å². The number of aliphatic hydroxyl groups excluding tert-OH is 1. The van der Waals surface area contributed by atoms with Gasteiger partial charge in [0.05, 0.1) is 18.6 Å². The van der Waals surface area contributed by atoms with Gasteiger partial charge in [-0.2, -0.15) is 0 Å². The van der Waals surface area contributed by atoms with E-state index in [0.29, 0.717) is 12.3 Å². The predicted molar refractivity (Wildman–Crippen MR) is 94.6 cm³/mol. The van der Waals surface area contributed by atoms with Gasteiger partial charge in [0.2, 0.25) is 5.91 Å². The van der Waals surface area contributed by atoms with E-state index in [0.717, 1.165) is 35.9 Å².